The van der Waals surface area contributed by atoms with E-state index in [4.69, 9.17) is 9.47 Å². The van der Waals surface area contributed by atoms with E-state index < -0.39 is 0 Å². The van der Waals surface area contributed by atoms with Crippen LogP contribution in [-0.4, -0.2) is 24.2 Å². The minimum absolute atomic E-state index is 0.475. The zero-order valence-corrected chi connectivity index (χ0v) is 15.3. The molecule has 0 amide bonds. The molecule has 6 nitrogen and oxygen atoms in total. The molecule has 26 heavy (non-hydrogen) atoms. The van der Waals surface area contributed by atoms with Crippen molar-refractivity contribution in [1.82, 2.24) is 9.97 Å². The van der Waals surface area contributed by atoms with Crippen LogP contribution in [0.15, 0.2) is 48.7 Å². The van der Waals surface area contributed by atoms with Crippen LogP contribution in [0.25, 0.3) is 0 Å². The number of hydrogen-bond donors (Lipinski definition) is 2. The van der Waals surface area contributed by atoms with Gasteiger partial charge in [0, 0.05) is 18.0 Å². The predicted octanol–water partition coefficient (Wildman–Crippen LogP) is 4.60. The number of nitrogens with one attached hydrogen (secondary N) is 2. The maximum absolute atomic E-state index is 5.40. The van der Waals surface area contributed by atoms with Crippen molar-refractivity contribution in [1.29, 1.82) is 0 Å². The molecule has 0 radical (unpaired) electrons. The zero-order valence-electron chi connectivity index (χ0n) is 15.3. The van der Waals surface area contributed by atoms with Gasteiger partial charge in [0.05, 0.1) is 19.9 Å². The second-order valence-corrected chi connectivity index (χ2v) is 5.96. The Morgan fingerprint density at radius 3 is 2.31 bits per heavy atom. The van der Waals surface area contributed by atoms with E-state index in [0.29, 0.717) is 17.5 Å². The van der Waals surface area contributed by atoms with Crippen molar-refractivity contribution in [2.45, 2.75) is 13.8 Å². The minimum Gasteiger partial charge on any atom is -0.497 e. The van der Waals surface area contributed by atoms with Gasteiger partial charge in [0.2, 0.25) is 5.95 Å². The largest absolute Gasteiger partial charge is 0.497 e. The molecule has 0 saturated heterocycles. The third kappa shape index (κ3) is 4.22. The Labute approximate surface area is 153 Å². The summed E-state index contributed by atoms with van der Waals surface area (Å²) >= 11 is 0. The van der Waals surface area contributed by atoms with Gasteiger partial charge in [-0.1, -0.05) is 6.07 Å². The number of rotatable bonds is 6. The highest BCUT2D eigenvalue weighted by atomic mass is 16.5. The van der Waals surface area contributed by atoms with Crippen molar-refractivity contribution in [3.05, 3.63) is 59.8 Å². The highest BCUT2D eigenvalue weighted by molar-refractivity contribution is 5.66. The van der Waals surface area contributed by atoms with Crippen molar-refractivity contribution in [3.8, 4) is 11.5 Å². The van der Waals surface area contributed by atoms with E-state index in [9.17, 15) is 0 Å². The first kappa shape index (κ1) is 17.5. The number of aryl methyl sites for hydroxylation is 2. The summed E-state index contributed by atoms with van der Waals surface area (Å²) in [4.78, 5) is 8.80. The molecule has 2 aromatic carbocycles. The molecule has 1 aromatic heterocycles. The number of benzene rings is 2. The van der Waals surface area contributed by atoms with E-state index in [1.807, 2.05) is 18.2 Å². The van der Waals surface area contributed by atoms with Crippen molar-refractivity contribution >= 4 is 23.1 Å². The molecule has 3 rings (SSSR count). The maximum atomic E-state index is 5.40. The van der Waals surface area contributed by atoms with E-state index >= 15 is 0 Å². The van der Waals surface area contributed by atoms with Gasteiger partial charge in [-0.15, -0.1) is 0 Å². The SMILES string of the molecule is COc1ccc(Nc2nccc(Nc3cc(C)cc(C)c3)n2)c(OC)c1. The average molecular weight is 350 g/mol. The molecule has 0 unspecified atom stereocenters. The number of anilines is 4. The lowest BCUT2D eigenvalue weighted by Crippen LogP contribution is -2.02. The highest BCUT2D eigenvalue weighted by Gasteiger charge is 2.08. The second-order valence-electron chi connectivity index (χ2n) is 5.96. The standard InChI is InChI=1S/C20H22N4O2/c1-13-9-14(2)11-15(10-13)22-19-7-8-21-20(24-19)23-17-6-5-16(25-3)12-18(17)26-4/h5-12H,1-4H3,(H2,21,22,23,24). The predicted molar refractivity (Wildman–Crippen MR) is 104 cm³/mol. The van der Waals surface area contributed by atoms with E-state index in [0.717, 1.165) is 17.1 Å². The van der Waals surface area contributed by atoms with Crippen molar-refractivity contribution in [3.63, 3.8) is 0 Å². The van der Waals surface area contributed by atoms with Crippen LogP contribution in [-0.2, 0) is 0 Å². The van der Waals surface area contributed by atoms with Gasteiger partial charge < -0.3 is 20.1 Å². The van der Waals surface area contributed by atoms with Gasteiger partial charge in [0.25, 0.3) is 0 Å². The Morgan fingerprint density at radius 1 is 0.846 bits per heavy atom. The van der Waals surface area contributed by atoms with E-state index in [-0.39, 0.29) is 0 Å². The monoisotopic (exact) mass is 350 g/mol. The average Bonchev–Trinajstić information content (AvgIpc) is 2.61. The summed E-state index contributed by atoms with van der Waals surface area (Å²) in [6.45, 7) is 4.14. The zero-order chi connectivity index (χ0) is 18.5. The smallest absolute Gasteiger partial charge is 0.229 e. The molecule has 0 saturated carbocycles. The normalized spacial score (nSPS) is 10.3. The fraction of sp³-hybridized carbons (Fsp3) is 0.200. The molecule has 0 aliphatic carbocycles. The third-order valence-corrected chi connectivity index (χ3v) is 3.80. The molecule has 0 bridgehead atoms. The molecule has 0 aliphatic heterocycles. The van der Waals surface area contributed by atoms with Crippen LogP contribution in [0.3, 0.4) is 0 Å². The van der Waals surface area contributed by atoms with Gasteiger partial charge in [0.15, 0.2) is 0 Å². The molecular formula is C20H22N4O2. The van der Waals surface area contributed by atoms with Crippen LogP contribution >= 0.6 is 0 Å². The first-order chi connectivity index (χ1) is 12.6. The van der Waals surface area contributed by atoms with Crippen LogP contribution < -0.4 is 20.1 Å². The molecule has 0 fully saturated rings. The van der Waals surface area contributed by atoms with Crippen LogP contribution in [0, 0.1) is 13.8 Å². The van der Waals surface area contributed by atoms with E-state index in [1.165, 1.54) is 11.1 Å². The minimum atomic E-state index is 0.475. The summed E-state index contributed by atoms with van der Waals surface area (Å²) in [5.41, 5.74) is 4.15. The Bertz CT molecular complexity index is 892. The van der Waals surface area contributed by atoms with E-state index in [1.54, 1.807) is 26.5 Å². The topological polar surface area (TPSA) is 68.3 Å². The van der Waals surface area contributed by atoms with E-state index in [2.05, 4.69) is 52.6 Å². The van der Waals surface area contributed by atoms with Crippen LogP contribution in [0.5, 0.6) is 11.5 Å². The number of nitrogens with zero attached hydrogens (tertiary/aromatic N) is 2. The molecule has 1 heterocycles. The van der Waals surface area contributed by atoms with Crippen LogP contribution in [0.4, 0.5) is 23.1 Å². The lowest BCUT2D eigenvalue weighted by Gasteiger charge is -2.12. The number of aromatic nitrogens is 2. The summed E-state index contributed by atoms with van der Waals surface area (Å²) in [5.74, 6) is 2.56. The molecule has 2 N–H and O–H groups in total. The first-order valence-electron chi connectivity index (χ1n) is 8.25. The van der Waals surface area contributed by atoms with Crippen molar-refractivity contribution < 1.29 is 9.47 Å². The molecule has 0 atom stereocenters. The molecule has 0 aliphatic rings. The Kier molecular flexibility index (Phi) is 5.22. The molecule has 6 heteroatoms. The highest BCUT2D eigenvalue weighted by Crippen LogP contribution is 2.30. The van der Waals surface area contributed by atoms with Gasteiger partial charge in [-0.3, -0.25) is 0 Å². The lowest BCUT2D eigenvalue weighted by atomic mass is 10.1. The molecule has 0 spiro atoms. The maximum Gasteiger partial charge on any atom is 0.229 e. The Hall–Kier alpha value is -3.28. The van der Waals surface area contributed by atoms with Gasteiger partial charge in [-0.2, -0.15) is 4.98 Å². The first-order valence-corrected chi connectivity index (χ1v) is 8.25. The molecular weight excluding hydrogens is 328 g/mol. The van der Waals surface area contributed by atoms with Crippen LogP contribution in [0.2, 0.25) is 0 Å². The fourth-order valence-electron chi connectivity index (χ4n) is 2.71. The summed E-state index contributed by atoms with van der Waals surface area (Å²) in [7, 11) is 3.23. The van der Waals surface area contributed by atoms with Gasteiger partial charge in [-0.05, 0) is 55.3 Å². The van der Waals surface area contributed by atoms with Crippen LogP contribution in [0.1, 0.15) is 11.1 Å². The molecule has 3 aromatic rings. The quantitative estimate of drug-likeness (QED) is 0.677. The number of methoxy groups -OCH3 is 2. The van der Waals surface area contributed by atoms with Gasteiger partial charge in [0.1, 0.15) is 17.3 Å². The summed E-state index contributed by atoms with van der Waals surface area (Å²) in [6, 6.07) is 13.6. The fourth-order valence-corrected chi connectivity index (χ4v) is 2.71. The number of hydrogen-bond acceptors (Lipinski definition) is 6. The molecule has 134 valence electrons. The summed E-state index contributed by atoms with van der Waals surface area (Å²) in [5, 5.41) is 6.50. The van der Waals surface area contributed by atoms with Crippen molar-refractivity contribution in [2.75, 3.05) is 24.9 Å². The summed E-state index contributed by atoms with van der Waals surface area (Å²) < 4.78 is 10.6. The summed E-state index contributed by atoms with van der Waals surface area (Å²) in [6.07, 6.45) is 1.70. The Balaban J connectivity index is 1.81. The van der Waals surface area contributed by atoms with Crippen molar-refractivity contribution in [2.24, 2.45) is 0 Å². The van der Waals surface area contributed by atoms with Gasteiger partial charge >= 0.3 is 0 Å². The van der Waals surface area contributed by atoms with Gasteiger partial charge in [-0.25, -0.2) is 4.98 Å². The number of ether oxygens (including phenoxy) is 2. The Morgan fingerprint density at radius 2 is 1.62 bits per heavy atom. The third-order valence-electron chi connectivity index (χ3n) is 3.80. The second kappa shape index (κ2) is 7.74. The lowest BCUT2D eigenvalue weighted by molar-refractivity contribution is 0.395.